The second kappa shape index (κ2) is 5.87. The summed E-state index contributed by atoms with van der Waals surface area (Å²) in [6, 6.07) is 0. The highest BCUT2D eigenvalue weighted by Gasteiger charge is 2.19. The SMILES string of the molecule is CCN(CCCS)CC1CCC1. The molecule has 12 heavy (non-hydrogen) atoms. The second-order valence-electron chi connectivity index (χ2n) is 3.77. The molecule has 1 nitrogen and oxygen atoms in total. The Hall–Kier alpha value is 0.310. The van der Waals surface area contributed by atoms with Gasteiger partial charge in [-0.15, -0.1) is 0 Å². The summed E-state index contributed by atoms with van der Waals surface area (Å²) >= 11 is 4.23. The van der Waals surface area contributed by atoms with Gasteiger partial charge in [0.1, 0.15) is 0 Å². The van der Waals surface area contributed by atoms with Crippen molar-refractivity contribution in [3.63, 3.8) is 0 Å². The summed E-state index contributed by atoms with van der Waals surface area (Å²) in [6.07, 6.45) is 5.65. The van der Waals surface area contributed by atoms with Crippen molar-refractivity contribution < 1.29 is 0 Å². The average Bonchev–Trinajstić information content (AvgIpc) is 2.02. The van der Waals surface area contributed by atoms with Crippen LogP contribution >= 0.6 is 12.6 Å². The Morgan fingerprint density at radius 2 is 2.17 bits per heavy atom. The van der Waals surface area contributed by atoms with Crippen LogP contribution in [-0.2, 0) is 0 Å². The number of hydrogen-bond donors (Lipinski definition) is 1. The molecule has 72 valence electrons. The third-order valence-electron chi connectivity index (χ3n) is 2.82. The van der Waals surface area contributed by atoms with Crippen LogP contribution in [-0.4, -0.2) is 30.3 Å². The van der Waals surface area contributed by atoms with Crippen LogP contribution in [0.4, 0.5) is 0 Å². The Labute approximate surface area is 81.9 Å². The molecule has 1 aliphatic rings. The van der Waals surface area contributed by atoms with Gasteiger partial charge < -0.3 is 4.90 Å². The Morgan fingerprint density at radius 1 is 1.42 bits per heavy atom. The third kappa shape index (κ3) is 3.36. The molecule has 0 bridgehead atoms. The van der Waals surface area contributed by atoms with E-state index in [1.807, 2.05) is 0 Å². The molecule has 1 fully saturated rings. The minimum absolute atomic E-state index is 1.02. The van der Waals surface area contributed by atoms with Crippen molar-refractivity contribution in [1.82, 2.24) is 4.90 Å². The summed E-state index contributed by atoms with van der Waals surface area (Å²) in [5.41, 5.74) is 0. The minimum Gasteiger partial charge on any atom is -0.303 e. The van der Waals surface area contributed by atoms with Gasteiger partial charge in [-0.3, -0.25) is 0 Å². The van der Waals surface area contributed by atoms with Crippen LogP contribution < -0.4 is 0 Å². The van der Waals surface area contributed by atoms with Crippen molar-refractivity contribution in [2.45, 2.75) is 32.6 Å². The summed E-state index contributed by atoms with van der Waals surface area (Å²) in [5.74, 6) is 2.05. The average molecular weight is 187 g/mol. The van der Waals surface area contributed by atoms with Gasteiger partial charge in [0.05, 0.1) is 0 Å². The van der Waals surface area contributed by atoms with Crippen LogP contribution in [0.1, 0.15) is 32.6 Å². The van der Waals surface area contributed by atoms with Crippen molar-refractivity contribution in [2.24, 2.45) is 5.92 Å². The molecule has 0 atom stereocenters. The van der Waals surface area contributed by atoms with Gasteiger partial charge in [-0.25, -0.2) is 0 Å². The zero-order chi connectivity index (χ0) is 8.81. The lowest BCUT2D eigenvalue weighted by Gasteiger charge is -2.31. The first-order valence-corrected chi connectivity index (χ1v) is 5.83. The highest BCUT2D eigenvalue weighted by Crippen LogP contribution is 2.26. The highest BCUT2D eigenvalue weighted by molar-refractivity contribution is 7.80. The van der Waals surface area contributed by atoms with E-state index in [4.69, 9.17) is 0 Å². The first kappa shape index (κ1) is 10.4. The van der Waals surface area contributed by atoms with Gasteiger partial charge in [0.2, 0.25) is 0 Å². The number of rotatable bonds is 6. The lowest BCUT2D eigenvalue weighted by Crippen LogP contribution is -2.33. The molecular formula is C10H21NS. The van der Waals surface area contributed by atoms with Crippen LogP contribution in [0.2, 0.25) is 0 Å². The monoisotopic (exact) mass is 187 g/mol. The fourth-order valence-corrected chi connectivity index (χ4v) is 1.85. The number of thiol groups is 1. The molecule has 0 saturated heterocycles. The second-order valence-corrected chi connectivity index (χ2v) is 4.21. The molecule has 0 N–H and O–H groups in total. The minimum atomic E-state index is 1.02. The van der Waals surface area contributed by atoms with Gasteiger partial charge in [-0.2, -0.15) is 12.6 Å². The fourth-order valence-electron chi connectivity index (χ4n) is 1.71. The molecule has 0 aromatic carbocycles. The smallest absolute Gasteiger partial charge is 0.000954 e. The van der Waals surface area contributed by atoms with Gasteiger partial charge >= 0.3 is 0 Å². The van der Waals surface area contributed by atoms with Gasteiger partial charge in [0.15, 0.2) is 0 Å². The van der Waals surface area contributed by atoms with Crippen LogP contribution in [0, 0.1) is 5.92 Å². The Kier molecular flexibility index (Phi) is 5.08. The van der Waals surface area contributed by atoms with E-state index in [1.165, 1.54) is 45.3 Å². The van der Waals surface area contributed by atoms with Crippen molar-refractivity contribution in [3.05, 3.63) is 0 Å². The lowest BCUT2D eigenvalue weighted by molar-refractivity contribution is 0.185. The van der Waals surface area contributed by atoms with E-state index in [0.717, 1.165) is 11.7 Å². The zero-order valence-corrected chi connectivity index (χ0v) is 9.02. The molecule has 1 saturated carbocycles. The first-order valence-electron chi connectivity index (χ1n) is 5.20. The van der Waals surface area contributed by atoms with Crippen molar-refractivity contribution in [2.75, 3.05) is 25.4 Å². The van der Waals surface area contributed by atoms with Gasteiger partial charge in [-0.1, -0.05) is 13.3 Å². The summed E-state index contributed by atoms with van der Waals surface area (Å²) in [4.78, 5) is 2.57. The molecular weight excluding hydrogens is 166 g/mol. The van der Waals surface area contributed by atoms with E-state index >= 15 is 0 Å². The topological polar surface area (TPSA) is 3.24 Å². The predicted molar refractivity (Wildman–Crippen MR) is 57.9 cm³/mol. The molecule has 0 aliphatic heterocycles. The first-order chi connectivity index (χ1) is 5.86. The third-order valence-corrected chi connectivity index (χ3v) is 3.14. The fraction of sp³-hybridized carbons (Fsp3) is 1.00. The van der Waals surface area contributed by atoms with Crippen LogP contribution in [0.25, 0.3) is 0 Å². The molecule has 1 aliphatic carbocycles. The molecule has 0 unspecified atom stereocenters. The molecule has 0 spiro atoms. The predicted octanol–water partition coefficient (Wildman–Crippen LogP) is 2.43. The van der Waals surface area contributed by atoms with E-state index in [0.29, 0.717) is 0 Å². The Morgan fingerprint density at radius 3 is 2.58 bits per heavy atom. The maximum Gasteiger partial charge on any atom is 0.000954 e. The molecule has 0 aromatic rings. The summed E-state index contributed by atoms with van der Waals surface area (Å²) < 4.78 is 0. The maximum atomic E-state index is 4.23. The van der Waals surface area contributed by atoms with E-state index in [9.17, 15) is 0 Å². The largest absolute Gasteiger partial charge is 0.303 e. The quantitative estimate of drug-likeness (QED) is 0.625. The number of nitrogens with zero attached hydrogens (tertiary/aromatic N) is 1. The molecule has 2 heteroatoms. The summed E-state index contributed by atoms with van der Waals surface area (Å²) in [5, 5.41) is 0. The normalized spacial score (nSPS) is 18.2. The summed E-state index contributed by atoms with van der Waals surface area (Å²) in [7, 11) is 0. The Balaban J connectivity index is 2.06. The van der Waals surface area contributed by atoms with Crippen molar-refractivity contribution >= 4 is 12.6 Å². The van der Waals surface area contributed by atoms with E-state index in [2.05, 4.69) is 24.5 Å². The number of hydrogen-bond acceptors (Lipinski definition) is 2. The maximum absolute atomic E-state index is 4.23. The van der Waals surface area contributed by atoms with Crippen molar-refractivity contribution in [1.29, 1.82) is 0 Å². The van der Waals surface area contributed by atoms with Crippen molar-refractivity contribution in [3.8, 4) is 0 Å². The molecule has 0 radical (unpaired) electrons. The van der Waals surface area contributed by atoms with Gasteiger partial charge in [0.25, 0.3) is 0 Å². The van der Waals surface area contributed by atoms with E-state index < -0.39 is 0 Å². The van der Waals surface area contributed by atoms with Crippen LogP contribution in [0.15, 0.2) is 0 Å². The highest BCUT2D eigenvalue weighted by atomic mass is 32.1. The molecule has 0 amide bonds. The van der Waals surface area contributed by atoms with Gasteiger partial charge in [0, 0.05) is 6.54 Å². The lowest BCUT2D eigenvalue weighted by atomic mass is 9.85. The standard InChI is InChI=1S/C10H21NS/c1-2-11(7-4-8-12)9-10-5-3-6-10/h10,12H,2-9H2,1H3. The van der Waals surface area contributed by atoms with Gasteiger partial charge in [-0.05, 0) is 44.0 Å². The summed E-state index contributed by atoms with van der Waals surface area (Å²) in [6.45, 7) is 6.06. The molecule has 0 aromatic heterocycles. The van der Waals surface area contributed by atoms with E-state index in [-0.39, 0.29) is 0 Å². The Bertz CT molecular complexity index is 112. The van der Waals surface area contributed by atoms with Crippen LogP contribution in [0.3, 0.4) is 0 Å². The molecule has 0 heterocycles. The van der Waals surface area contributed by atoms with Crippen LogP contribution in [0.5, 0.6) is 0 Å². The zero-order valence-electron chi connectivity index (χ0n) is 8.13. The molecule has 1 rings (SSSR count). The van der Waals surface area contributed by atoms with E-state index in [1.54, 1.807) is 0 Å².